The van der Waals surface area contributed by atoms with Gasteiger partial charge in [0.25, 0.3) is 5.91 Å². The second-order valence-corrected chi connectivity index (χ2v) is 8.30. The molecule has 0 unspecified atom stereocenters. The van der Waals surface area contributed by atoms with Crippen molar-refractivity contribution >= 4 is 11.8 Å². The minimum Gasteiger partial charge on any atom is -0.342 e. The van der Waals surface area contributed by atoms with Gasteiger partial charge in [0.05, 0.1) is 18.2 Å². The smallest absolute Gasteiger partial charge is 0.274 e. The molecule has 0 N–H and O–H groups in total. The third-order valence-electron chi connectivity index (χ3n) is 6.26. The number of hydrogen-bond donors (Lipinski definition) is 0. The molecule has 4 heterocycles. The van der Waals surface area contributed by atoms with Gasteiger partial charge in [0, 0.05) is 57.7 Å². The SMILES string of the molecule is Cc1cnc(C(=O)N2CCC3(CCC(=O)N(CCCn4ccnc4)C3)CC2)cn1. The highest BCUT2D eigenvalue weighted by atomic mass is 16.2. The van der Waals surface area contributed by atoms with E-state index in [9.17, 15) is 9.59 Å². The first-order valence-corrected chi connectivity index (χ1v) is 10.4. The zero-order valence-corrected chi connectivity index (χ0v) is 17.0. The summed E-state index contributed by atoms with van der Waals surface area (Å²) in [5.74, 6) is 0.214. The zero-order chi connectivity index (χ0) is 20.3. The molecule has 2 amide bonds. The van der Waals surface area contributed by atoms with Crippen LogP contribution in [-0.4, -0.2) is 67.3 Å². The van der Waals surface area contributed by atoms with Gasteiger partial charge in [0.15, 0.2) is 0 Å². The molecule has 0 radical (unpaired) electrons. The van der Waals surface area contributed by atoms with E-state index in [1.165, 1.54) is 0 Å². The highest BCUT2D eigenvalue weighted by Crippen LogP contribution is 2.40. The summed E-state index contributed by atoms with van der Waals surface area (Å²) < 4.78 is 2.04. The molecule has 0 bridgehead atoms. The Kier molecular flexibility index (Phi) is 5.60. The van der Waals surface area contributed by atoms with E-state index in [2.05, 4.69) is 15.0 Å². The first-order valence-electron chi connectivity index (χ1n) is 10.4. The normalized spacial score (nSPS) is 19.0. The van der Waals surface area contributed by atoms with E-state index >= 15 is 0 Å². The van der Waals surface area contributed by atoms with Crippen molar-refractivity contribution in [3.8, 4) is 0 Å². The van der Waals surface area contributed by atoms with Crippen LogP contribution in [0.25, 0.3) is 0 Å². The summed E-state index contributed by atoms with van der Waals surface area (Å²) in [4.78, 5) is 41.5. The maximum atomic E-state index is 12.7. The molecule has 2 aliphatic heterocycles. The van der Waals surface area contributed by atoms with Gasteiger partial charge in [-0.2, -0.15) is 0 Å². The van der Waals surface area contributed by atoms with Gasteiger partial charge < -0.3 is 14.4 Å². The predicted octanol–water partition coefficient (Wildman–Crippen LogP) is 1.92. The topological polar surface area (TPSA) is 84.2 Å². The van der Waals surface area contributed by atoms with Gasteiger partial charge >= 0.3 is 0 Å². The molecule has 0 aliphatic carbocycles. The highest BCUT2D eigenvalue weighted by molar-refractivity contribution is 5.92. The monoisotopic (exact) mass is 396 g/mol. The first-order chi connectivity index (χ1) is 14.0. The molecule has 1 spiro atoms. The summed E-state index contributed by atoms with van der Waals surface area (Å²) in [6.07, 6.45) is 13.1. The molecule has 8 heteroatoms. The highest BCUT2D eigenvalue weighted by Gasteiger charge is 2.41. The van der Waals surface area contributed by atoms with Crippen LogP contribution in [0.5, 0.6) is 0 Å². The average molecular weight is 396 g/mol. The molecule has 2 saturated heterocycles. The molecular formula is C21H28N6O2. The number of carbonyl (C=O) groups is 2. The van der Waals surface area contributed by atoms with Crippen LogP contribution in [-0.2, 0) is 11.3 Å². The molecular weight excluding hydrogens is 368 g/mol. The van der Waals surface area contributed by atoms with Crippen molar-refractivity contribution in [2.24, 2.45) is 5.41 Å². The summed E-state index contributed by atoms with van der Waals surface area (Å²) in [6.45, 7) is 5.74. The zero-order valence-electron chi connectivity index (χ0n) is 17.0. The molecule has 2 aromatic rings. The average Bonchev–Trinajstić information content (AvgIpc) is 3.25. The fourth-order valence-electron chi connectivity index (χ4n) is 4.43. The largest absolute Gasteiger partial charge is 0.342 e. The molecule has 154 valence electrons. The molecule has 2 aliphatic rings. The number of amides is 2. The van der Waals surface area contributed by atoms with Crippen LogP contribution < -0.4 is 0 Å². The van der Waals surface area contributed by atoms with Gasteiger partial charge in [-0.3, -0.25) is 14.6 Å². The van der Waals surface area contributed by atoms with Crippen molar-refractivity contribution in [1.29, 1.82) is 0 Å². The molecule has 0 atom stereocenters. The Bertz CT molecular complexity index is 841. The van der Waals surface area contributed by atoms with Crippen molar-refractivity contribution in [2.75, 3.05) is 26.2 Å². The van der Waals surface area contributed by atoms with E-state index in [0.29, 0.717) is 25.2 Å². The number of rotatable bonds is 5. The summed E-state index contributed by atoms with van der Waals surface area (Å²) in [7, 11) is 0. The lowest BCUT2D eigenvalue weighted by Crippen LogP contribution is -2.52. The third-order valence-corrected chi connectivity index (χ3v) is 6.26. The van der Waals surface area contributed by atoms with Gasteiger partial charge in [-0.05, 0) is 38.0 Å². The molecule has 8 nitrogen and oxygen atoms in total. The van der Waals surface area contributed by atoms with E-state index in [1.54, 1.807) is 18.6 Å². The maximum Gasteiger partial charge on any atom is 0.274 e. The predicted molar refractivity (Wildman–Crippen MR) is 107 cm³/mol. The fraction of sp³-hybridized carbons (Fsp3) is 0.571. The lowest BCUT2D eigenvalue weighted by Gasteiger charge is -2.47. The fourth-order valence-corrected chi connectivity index (χ4v) is 4.43. The van der Waals surface area contributed by atoms with Crippen molar-refractivity contribution in [1.82, 2.24) is 29.3 Å². The van der Waals surface area contributed by atoms with Gasteiger partial charge in [-0.15, -0.1) is 0 Å². The molecule has 0 saturated carbocycles. The Hall–Kier alpha value is -2.77. The third kappa shape index (κ3) is 4.46. The molecule has 2 fully saturated rings. The Morgan fingerprint density at radius 3 is 2.66 bits per heavy atom. The maximum absolute atomic E-state index is 12.7. The van der Waals surface area contributed by atoms with E-state index in [-0.39, 0.29) is 17.2 Å². The lowest BCUT2D eigenvalue weighted by atomic mass is 9.72. The van der Waals surface area contributed by atoms with Crippen LogP contribution in [0.1, 0.15) is 48.3 Å². The number of imidazole rings is 1. The van der Waals surface area contributed by atoms with Crippen molar-refractivity contribution < 1.29 is 9.59 Å². The summed E-state index contributed by atoms with van der Waals surface area (Å²) in [6, 6.07) is 0. The summed E-state index contributed by atoms with van der Waals surface area (Å²) >= 11 is 0. The number of piperidine rings is 2. The quantitative estimate of drug-likeness (QED) is 0.771. The van der Waals surface area contributed by atoms with Crippen LogP contribution in [0.2, 0.25) is 0 Å². The Labute approximate surface area is 171 Å². The lowest BCUT2D eigenvalue weighted by molar-refractivity contribution is -0.139. The first kappa shape index (κ1) is 19.5. The van der Waals surface area contributed by atoms with Crippen molar-refractivity contribution in [3.63, 3.8) is 0 Å². The summed E-state index contributed by atoms with van der Waals surface area (Å²) in [5.41, 5.74) is 1.35. The van der Waals surface area contributed by atoms with E-state index in [1.807, 2.05) is 33.8 Å². The second-order valence-electron chi connectivity index (χ2n) is 8.30. The number of carbonyl (C=O) groups excluding carboxylic acids is 2. The number of likely N-dealkylation sites (tertiary alicyclic amines) is 2. The Balaban J connectivity index is 1.31. The minimum absolute atomic E-state index is 0.0450. The van der Waals surface area contributed by atoms with Crippen LogP contribution in [0, 0.1) is 12.3 Å². The molecule has 0 aromatic carbocycles. The minimum atomic E-state index is -0.0450. The van der Waals surface area contributed by atoms with E-state index in [4.69, 9.17) is 0 Å². The van der Waals surface area contributed by atoms with Crippen molar-refractivity contribution in [3.05, 3.63) is 42.5 Å². The van der Waals surface area contributed by atoms with Gasteiger partial charge in [-0.25, -0.2) is 9.97 Å². The van der Waals surface area contributed by atoms with Gasteiger partial charge in [0.2, 0.25) is 5.91 Å². The van der Waals surface area contributed by atoms with Crippen LogP contribution in [0.3, 0.4) is 0 Å². The standard InChI is InChI=1S/C21H28N6O2/c1-17-13-24-18(14-23-17)20(29)26-10-5-21(6-11-26)4-3-19(28)27(15-21)9-2-8-25-12-7-22-16-25/h7,12-14,16H,2-6,8-11,15H2,1H3. The molecule has 29 heavy (non-hydrogen) atoms. The number of nitrogens with zero attached hydrogens (tertiary/aromatic N) is 6. The molecule has 2 aromatic heterocycles. The second kappa shape index (κ2) is 8.31. The van der Waals surface area contributed by atoms with Crippen LogP contribution >= 0.6 is 0 Å². The number of aryl methyl sites for hydroxylation is 2. The van der Waals surface area contributed by atoms with Crippen LogP contribution in [0.4, 0.5) is 0 Å². The van der Waals surface area contributed by atoms with E-state index < -0.39 is 0 Å². The van der Waals surface area contributed by atoms with Crippen molar-refractivity contribution in [2.45, 2.75) is 45.6 Å². The Morgan fingerprint density at radius 1 is 1.14 bits per heavy atom. The van der Waals surface area contributed by atoms with Gasteiger partial charge in [0.1, 0.15) is 5.69 Å². The number of aromatic nitrogens is 4. The van der Waals surface area contributed by atoms with E-state index in [0.717, 1.165) is 51.0 Å². The molecule has 4 rings (SSSR count). The summed E-state index contributed by atoms with van der Waals surface area (Å²) in [5, 5.41) is 0. The van der Waals surface area contributed by atoms with Gasteiger partial charge in [-0.1, -0.05) is 0 Å². The van der Waals surface area contributed by atoms with Crippen LogP contribution in [0.15, 0.2) is 31.1 Å². The Morgan fingerprint density at radius 2 is 1.97 bits per heavy atom. The number of hydrogen-bond acceptors (Lipinski definition) is 5.